The average Bonchev–Trinajstić information content (AvgIpc) is 1.62. The van der Waals surface area contributed by atoms with Crippen LogP contribution >= 0.6 is 0 Å². The topological polar surface area (TPSA) is 0 Å². The molecule has 11 aromatic carbocycles. The number of fused-ring (bicyclic) bond motifs is 6. The molecule has 0 bridgehead atoms. The zero-order valence-corrected chi connectivity index (χ0v) is 57.4. The molecule has 0 saturated carbocycles. The van der Waals surface area contributed by atoms with Gasteiger partial charge in [0.25, 0.3) is 0 Å². The first-order valence-electron chi connectivity index (χ1n) is 32.2. The van der Waals surface area contributed by atoms with E-state index in [0.29, 0.717) is 0 Å². The zero-order chi connectivity index (χ0) is 60.5. The summed E-state index contributed by atoms with van der Waals surface area (Å²) in [7, 11) is 0. The van der Waals surface area contributed by atoms with E-state index in [4.69, 9.17) is 0 Å². The van der Waals surface area contributed by atoms with Crippen LogP contribution in [-0.2, 0) is 21.7 Å². The summed E-state index contributed by atoms with van der Waals surface area (Å²) in [6.07, 6.45) is 4.07. The van der Waals surface area contributed by atoms with E-state index in [1.54, 1.807) is 0 Å². The van der Waals surface area contributed by atoms with Crippen LogP contribution in [0.4, 0.5) is 0 Å². The van der Waals surface area contributed by atoms with Gasteiger partial charge in [-0.2, -0.15) is 0 Å². The number of hydrogen-bond donors (Lipinski definition) is 0. The van der Waals surface area contributed by atoms with Gasteiger partial charge in [0, 0.05) is 0 Å². The van der Waals surface area contributed by atoms with Crippen molar-refractivity contribution in [1.82, 2.24) is 0 Å². The molecule has 11 aromatic rings. The molecule has 0 spiro atoms. The van der Waals surface area contributed by atoms with Crippen molar-refractivity contribution in [3.05, 3.63) is 294 Å². The second-order valence-corrected chi connectivity index (χ2v) is 43.8. The molecule has 2 heteroatoms. The molecule has 0 radical (unpaired) electrons. The molecule has 2 aliphatic carbocycles. The van der Waals surface area contributed by atoms with E-state index < -0.39 is 26.5 Å². The molecule has 0 atom stereocenters. The maximum atomic E-state index is 2.75. The molecule has 0 heterocycles. The molecule has 2 aliphatic rings. The van der Waals surface area contributed by atoms with Gasteiger partial charge in [0.05, 0.1) is 0 Å². The van der Waals surface area contributed by atoms with Crippen molar-refractivity contribution in [1.29, 1.82) is 0 Å². The van der Waals surface area contributed by atoms with E-state index in [9.17, 15) is 0 Å². The minimum absolute atomic E-state index is 0.0791. The molecule has 0 N–H and O–H groups in total. The molecule has 0 saturated heterocycles. The van der Waals surface area contributed by atoms with Crippen LogP contribution in [0.2, 0.25) is 5.76 Å². The van der Waals surface area contributed by atoms with E-state index in [0.717, 1.165) is 25.7 Å². The van der Waals surface area contributed by atoms with E-state index in [2.05, 4.69) is 336 Å². The summed E-state index contributed by atoms with van der Waals surface area (Å²) < 4.78 is 10.4. The molecule has 0 fully saturated rings. The Bertz CT molecular complexity index is 4150. The van der Waals surface area contributed by atoms with Crippen molar-refractivity contribution < 1.29 is 0 Å². The van der Waals surface area contributed by atoms with Gasteiger partial charge in [-0.05, 0) is 22.0 Å². The van der Waals surface area contributed by atoms with Crippen molar-refractivity contribution in [3.63, 3.8) is 0 Å². The van der Waals surface area contributed by atoms with Crippen LogP contribution in [0.3, 0.4) is 0 Å². The fourth-order valence-corrected chi connectivity index (χ4v) is 33.3. The summed E-state index contributed by atoms with van der Waals surface area (Å²) in [5.74, 6) is 2.61. The van der Waals surface area contributed by atoms with E-state index in [1.807, 2.05) is 0 Å². The third kappa shape index (κ3) is 9.62. The SMILES string of the molecule is CCC1(CC)c2cc(-c3cc(-c4ccc(C(C)(C)C)cc4)cc(-c4ccc(C(C)(C)C)cc4)c3)ccc2-c2cc[c]([Ge]([c]3ccccc3)([c]3ccccc3)[c]3ccc4c(c3)C(CC)(CC)c3c[c]([Ge]([CH3])([c]5ccccc5)[c]5ccccc5)ccc3-4)cc21. The normalized spacial score (nSPS) is 14.1. The molecule has 0 nitrogen and oxygen atoms in total. The van der Waals surface area contributed by atoms with Gasteiger partial charge >= 0.3 is 442 Å². The van der Waals surface area contributed by atoms with Crippen LogP contribution in [-0.4, -0.2) is 26.5 Å². The summed E-state index contributed by atoms with van der Waals surface area (Å²) in [6.45, 7) is 23.6. The van der Waals surface area contributed by atoms with Crippen LogP contribution in [0.5, 0.6) is 0 Å². The van der Waals surface area contributed by atoms with Gasteiger partial charge in [-0.15, -0.1) is 0 Å². The fraction of sp³-hybridized carbons (Fsp3) is 0.224. The first-order valence-corrected chi connectivity index (χ1v) is 41.7. The Hall–Kier alpha value is -7.49. The Balaban J connectivity index is 0.967. The summed E-state index contributed by atoms with van der Waals surface area (Å²) in [4.78, 5) is 0. The van der Waals surface area contributed by atoms with Gasteiger partial charge in [0.15, 0.2) is 0 Å². The summed E-state index contributed by atoms with van der Waals surface area (Å²) in [5, 5.41) is 0. The van der Waals surface area contributed by atoms with Crippen molar-refractivity contribution in [2.24, 2.45) is 0 Å². The maximum absolute atomic E-state index is 3.90. The molecular weight excluding hydrogens is 1170 g/mol. The molecule has 0 aromatic heterocycles. The Morgan fingerprint density at radius 3 is 0.897 bits per heavy atom. The fourth-order valence-electron chi connectivity index (χ4n) is 15.8. The summed E-state index contributed by atoms with van der Waals surface area (Å²) >= 11 is -7.01. The van der Waals surface area contributed by atoms with Crippen LogP contribution in [0.25, 0.3) is 55.6 Å². The third-order valence-corrected chi connectivity index (χ3v) is 40.4. The summed E-state index contributed by atoms with van der Waals surface area (Å²) in [6, 6.07) is 103. The van der Waals surface area contributed by atoms with E-state index >= 15 is 0 Å². The Morgan fingerprint density at radius 1 is 0.264 bits per heavy atom. The van der Waals surface area contributed by atoms with Crippen molar-refractivity contribution >= 4 is 57.3 Å². The van der Waals surface area contributed by atoms with Gasteiger partial charge in [0.1, 0.15) is 0 Å². The standard InChI is InChI=1S/C85H84Ge2/c1-12-84(13-2)78-55-61(64-53-62(59-36-41-65(42-37-59)82(5,6)7)52-63(54-64)60-38-43-66(44-39-60)83(8,9)10)40-48-74(78)76-50-46-72(57-80(76)84)87(69-32-24-18-25-33-69,70-34-26-19-27-35-70)73-47-51-77-75-49-45-71(56-79(75)85(14-3,15-4)81(77)58-73)86(11,67-28-20-16-21-29-67)68-30-22-17-23-31-68/h16-58H,12-15H2,1-11H3. The molecule has 0 aliphatic heterocycles. The number of hydrogen-bond acceptors (Lipinski definition) is 0. The third-order valence-electron chi connectivity index (χ3n) is 21.1. The predicted octanol–water partition coefficient (Wildman–Crippen LogP) is 17.9. The van der Waals surface area contributed by atoms with Crippen LogP contribution in [0.15, 0.2) is 261 Å². The van der Waals surface area contributed by atoms with Gasteiger partial charge in [-0.1, -0.05) is 65.8 Å². The monoisotopic (exact) mass is 1250 g/mol. The molecule has 0 unspecified atom stereocenters. The Labute approximate surface area is 525 Å². The number of benzene rings is 11. The van der Waals surface area contributed by atoms with Crippen LogP contribution in [0.1, 0.15) is 128 Å². The second-order valence-electron chi connectivity index (χ2n) is 27.4. The molecule has 87 heavy (non-hydrogen) atoms. The van der Waals surface area contributed by atoms with Crippen LogP contribution < -0.4 is 30.8 Å². The minimum atomic E-state index is -3.90. The molecule has 0 amide bonds. The zero-order valence-electron chi connectivity index (χ0n) is 53.2. The van der Waals surface area contributed by atoms with Gasteiger partial charge < -0.3 is 0 Å². The quantitative estimate of drug-likeness (QED) is 0.0952. The Morgan fingerprint density at radius 2 is 0.552 bits per heavy atom. The summed E-state index contributed by atoms with van der Waals surface area (Å²) in [5.41, 5.74) is 21.5. The first-order chi connectivity index (χ1) is 42.0. The molecule has 432 valence electrons. The van der Waals surface area contributed by atoms with Crippen molar-refractivity contribution in [2.45, 2.75) is 122 Å². The van der Waals surface area contributed by atoms with Gasteiger partial charge in [0.2, 0.25) is 0 Å². The van der Waals surface area contributed by atoms with Gasteiger partial charge in [-0.3, -0.25) is 0 Å². The number of rotatable bonds is 14. The molecule has 13 rings (SSSR count). The molecular formula is C85H84Ge2. The Kier molecular flexibility index (Phi) is 15.2. The second kappa shape index (κ2) is 22.6. The van der Waals surface area contributed by atoms with Crippen LogP contribution in [0, 0.1) is 0 Å². The van der Waals surface area contributed by atoms with E-state index in [1.165, 1.54) is 120 Å². The van der Waals surface area contributed by atoms with Crippen molar-refractivity contribution in [2.75, 3.05) is 0 Å². The van der Waals surface area contributed by atoms with Crippen molar-refractivity contribution in [3.8, 4) is 55.6 Å². The van der Waals surface area contributed by atoms with Gasteiger partial charge in [-0.25, -0.2) is 0 Å². The predicted molar refractivity (Wildman–Crippen MR) is 381 cm³/mol. The first kappa shape index (κ1) is 58.5. The van der Waals surface area contributed by atoms with E-state index in [-0.39, 0.29) is 21.7 Å². The average molecular weight is 1250 g/mol.